The number of para-hydroxylation sites is 1. The lowest BCUT2D eigenvalue weighted by Gasteiger charge is -2.15. The molecule has 0 saturated heterocycles. The van der Waals surface area contributed by atoms with Crippen LogP contribution in [0.4, 0.5) is 5.69 Å². The van der Waals surface area contributed by atoms with Crippen molar-refractivity contribution in [1.29, 1.82) is 0 Å². The highest BCUT2D eigenvalue weighted by atomic mass is 79.9. The van der Waals surface area contributed by atoms with E-state index in [0.29, 0.717) is 32.5 Å². The van der Waals surface area contributed by atoms with E-state index in [2.05, 4.69) is 31.4 Å². The standard InChI is InChI=1S/C19H17BrCl2N4O2S/c1-11(28-16-6-4-3-5-14(16)21)18-24-25-19(26(18)2)29-10-17(27)23-12-7-8-13(20)15(22)9-12/h3-9,11H,10H2,1-2H3,(H,23,27). The first-order valence-electron chi connectivity index (χ1n) is 8.53. The Morgan fingerprint density at radius 1 is 1.24 bits per heavy atom. The largest absolute Gasteiger partial charge is 0.481 e. The summed E-state index contributed by atoms with van der Waals surface area (Å²) in [5.74, 6) is 1.22. The zero-order chi connectivity index (χ0) is 21.0. The van der Waals surface area contributed by atoms with Crippen molar-refractivity contribution in [2.75, 3.05) is 11.1 Å². The third-order valence-electron chi connectivity index (χ3n) is 3.91. The van der Waals surface area contributed by atoms with Gasteiger partial charge in [-0.25, -0.2) is 0 Å². The molecule has 0 radical (unpaired) electrons. The molecule has 3 aromatic rings. The molecule has 1 heterocycles. The molecule has 0 saturated carbocycles. The summed E-state index contributed by atoms with van der Waals surface area (Å²) in [7, 11) is 1.83. The van der Waals surface area contributed by atoms with E-state index < -0.39 is 0 Å². The molecule has 0 aliphatic rings. The van der Waals surface area contributed by atoms with Crippen LogP contribution in [0, 0.1) is 0 Å². The number of rotatable bonds is 7. The van der Waals surface area contributed by atoms with Crippen molar-refractivity contribution >= 4 is 62.5 Å². The Morgan fingerprint density at radius 2 is 2.00 bits per heavy atom. The normalized spacial score (nSPS) is 11.9. The Hall–Kier alpha value is -1.74. The molecule has 1 N–H and O–H groups in total. The van der Waals surface area contributed by atoms with Gasteiger partial charge in [-0.1, -0.05) is 47.1 Å². The van der Waals surface area contributed by atoms with Crippen LogP contribution in [0.2, 0.25) is 10.0 Å². The van der Waals surface area contributed by atoms with Gasteiger partial charge in [-0.15, -0.1) is 10.2 Å². The van der Waals surface area contributed by atoms with Crippen molar-refractivity contribution in [2.45, 2.75) is 18.2 Å². The number of hydrogen-bond donors (Lipinski definition) is 1. The second-order valence-electron chi connectivity index (χ2n) is 6.06. The molecule has 10 heteroatoms. The minimum Gasteiger partial charge on any atom is -0.481 e. The first kappa shape index (κ1) is 22.0. The molecule has 0 spiro atoms. The summed E-state index contributed by atoms with van der Waals surface area (Å²) in [6.07, 6.45) is -0.361. The average Bonchev–Trinajstić information content (AvgIpc) is 3.05. The lowest BCUT2D eigenvalue weighted by molar-refractivity contribution is -0.113. The number of nitrogens with zero attached hydrogens (tertiary/aromatic N) is 3. The number of carbonyl (C=O) groups excluding carboxylic acids is 1. The van der Waals surface area contributed by atoms with Crippen molar-refractivity contribution in [3.8, 4) is 5.75 Å². The minimum atomic E-state index is -0.361. The molecular weight excluding hydrogens is 499 g/mol. The van der Waals surface area contributed by atoms with E-state index in [1.54, 1.807) is 34.9 Å². The molecule has 0 fully saturated rings. The van der Waals surface area contributed by atoms with E-state index in [-0.39, 0.29) is 17.8 Å². The van der Waals surface area contributed by atoms with E-state index in [4.69, 9.17) is 27.9 Å². The van der Waals surface area contributed by atoms with Crippen LogP contribution >= 0.6 is 50.9 Å². The van der Waals surface area contributed by atoms with Crippen molar-refractivity contribution in [2.24, 2.45) is 7.05 Å². The number of ether oxygens (including phenoxy) is 1. The van der Waals surface area contributed by atoms with Crippen LogP contribution in [0.25, 0.3) is 0 Å². The zero-order valence-electron chi connectivity index (χ0n) is 15.5. The van der Waals surface area contributed by atoms with Crippen LogP contribution in [0.3, 0.4) is 0 Å². The Bertz CT molecular complexity index is 1030. The number of thioether (sulfide) groups is 1. The van der Waals surface area contributed by atoms with Gasteiger partial charge in [0, 0.05) is 17.2 Å². The first-order chi connectivity index (χ1) is 13.8. The molecule has 1 amide bonds. The summed E-state index contributed by atoms with van der Waals surface area (Å²) in [6, 6.07) is 12.5. The van der Waals surface area contributed by atoms with Crippen LogP contribution in [0.5, 0.6) is 5.75 Å². The number of amides is 1. The average molecular weight is 516 g/mol. The fourth-order valence-electron chi connectivity index (χ4n) is 2.49. The molecule has 0 aliphatic heterocycles. The summed E-state index contributed by atoms with van der Waals surface area (Å²) in [5, 5.41) is 12.8. The maximum absolute atomic E-state index is 12.2. The second-order valence-corrected chi connectivity index (χ2v) is 8.67. The van der Waals surface area contributed by atoms with Gasteiger partial charge in [0.2, 0.25) is 5.91 Å². The van der Waals surface area contributed by atoms with Gasteiger partial charge in [-0.05, 0) is 53.2 Å². The van der Waals surface area contributed by atoms with Gasteiger partial charge in [-0.3, -0.25) is 4.79 Å². The summed E-state index contributed by atoms with van der Waals surface area (Å²) in [6.45, 7) is 1.87. The summed E-state index contributed by atoms with van der Waals surface area (Å²) < 4.78 is 8.46. The number of hydrogen-bond acceptors (Lipinski definition) is 5. The molecule has 1 atom stereocenters. The fraction of sp³-hybridized carbons (Fsp3) is 0.211. The summed E-state index contributed by atoms with van der Waals surface area (Å²) in [5.41, 5.74) is 0.629. The van der Waals surface area contributed by atoms with Gasteiger partial charge < -0.3 is 14.6 Å². The van der Waals surface area contributed by atoms with Gasteiger partial charge >= 0.3 is 0 Å². The third-order valence-corrected chi connectivity index (χ3v) is 6.47. The maximum Gasteiger partial charge on any atom is 0.234 e. The second kappa shape index (κ2) is 9.84. The maximum atomic E-state index is 12.2. The molecule has 1 aromatic heterocycles. The van der Waals surface area contributed by atoms with Gasteiger partial charge in [-0.2, -0.15) is 0 Å². The lowest BCUT2D eigenvalue weighted by atomic mass is 10.3. The molecule has 29 heavy (non-hydrogen) atoms. The van der Waals surface area contributed by atoms with E-state index in [1.807, 2.05) is 26.1 Å². The van der Waals surface area contributed by atoms with Crippen LogP contribution in [-0.2, 0) is 11.8 Å². The molecule has 2 aromatic carbocycles. The molecule has 152 valence electrons. The highest BCUT2D eigenvalue weighted by Crippen LogP contribution is 2.29. The number of aromatic nitrogens is 3. The number of carbonyl (C=O) groups is 1. The number of benzene rings is 2. The molecule has 3 rings (SSSR count). The third kappa shape index (κ3) is 5.66. The number of nitrogens with one attached hydrogen (secondary N) is 1. The van der Waals surface area contributed by atoms with E-state index >= 15 is 0 Å². The highest BCUT2D eigenvalue weighted by Gasteiger charge is 2.19. The van der Waals surface area contributed by atoms with Crippen LogP contribution in [0.15, 0.2) is 52.1 Å². The van der Waals surface area contributed by atoms with E-state index in [1.165, 1.54) is 11.8 Å². The topological polar surface area (TPSA) is 69.0 Å². The fourth-order valence-corrected chi connectivity index (χ4v) is 3.82. The predicted octanol–water partition coefficient (Wildman–Crippen LogP) is 5.76. The van der Waals surface area contributed by atoms with Crippen LogP contribution < -0.4 is 10.1 Å². The quantitative estimate of drug-likeness (QED) is 0.405. The summed E-state index contributed by atoms with van der Waals surface area (Å²) in [4.78, 5) is 12.2. The van der Waals surface area contributed by atoms with Gasteiger partial charge in [0.25, 0.3) is 0 Å². The molecule has 6 nitrogen and oxygen atoms in total. The number of anilines is 1. The smallest absolute Gasteiger partial charge is 0.234 e. The van der Waals surface area contributed by atoms with Gasteiger partial charge in [0.15, 0.2) is 17.1 Å². The van der Waals surface area contributed by atoms with Crippen molar-refractivity contribution in [3.05, 3.63) is 62.8 Å². The SMILES string of the molecule is CC(Oc1ccccc1Cl)c1nnc(SCC(=O)Nc2ccc(Br)c(Cl)c2)n1C. The van der Waals surface area contributed by atoms with Crippen molar-refractivity contribution in [1.82, 2.24) is 14.8 Å². The first-order valence-corrected chi connectivity index (χ1v) is 11.1. The summed E-state index contributed by atoms with van der Waals surface area (Å²) >= 11 is 16.8. The zero-order valence-corrected chi connectivity index (χ0v) is 19.4. The lowest BCUT2D eigenvalue weighted by Crippen LogP contribution is -2.15. The van der Waals surface area contributed by atoms with Gasteiger partial charge in [0.05, 0.1) is 15.8 Å². The van der Waals surface area contributed by atoms with Crippen molar-refractivity contribution < 1.29 is 9.53 Å². The van der Waals surface area contributed by atoms with Crippen LogP contribution in [-0.4, -0.2) is 26.4 Å². The molecular formula is C19H17BrCl2N4O2S. The van der Waals surface area contributed by atoms with E-state index in [0.717, 1.165) is 4.47 Å². The number of halogens is 3. The molecule has 0 aliphatic carbocycles. The molecule has 1 unspecified atom stereocenters. The van der Waals surface area contributed by atoms with E-state index in [9.17, 15) is 4.79 Å². The van der Waals surface area contributed by atoms with Crippen LogP contribution in [0.1, 0.15) is 18.9 Å². The monoisotopic (exact) mass is 514 g/mol. The Morgan fingerprint density at radius 3 is 2.72 bits per heavy atom. The van der Waals surface area contributed by atoms with Gasteiger partial charge in [0.1, 0.15) is 5.75 Å². The Balaban J connectivity index is 1.59. The van der Waals surface area contributed by atoms with Crippen molar-refractivity contribution in [3.63, 3.8) is 0 Å². The Kier molecular flexibility index (Phi) is 7.45. The Labute approximate surface area is 191 Å². The predicted molar refractivity (Wildman–Crippen MR) is 120 cm³/mol. The molecule has 0 bridgehead atoms. The highest BCUT2D eigenvalue weighted by molar-refractivity contribution is 9.10. The minimum absolute atomic E-state index is 0.168.